The Bertz CT molecular complexity index is 1510. The first-order chi connectivity index (χ1) is 15.8. The maximum atomic E-state index is 5.44. The third kappa shape index (κ3) is 3.57. The minimum absolute atomic E-state index is 0.641. The highest BCUT2D eigenvalue weighted by atomic mass is 32.2. The van der Waals surface area contributed by atoms with Crippen LogP contribution >= 0.6 is 23.1 Å². The smallest absolute Gasteiger partial charge is 0.211 e. The summed E-state index contributed by atoms with van der Waals surface area (Å²) >= 11 is 3.11. The maximum Gasteiger partial charge on any atom is 0.211 e. The third-order valence-electron chi connectivity index (χ3n) is 5.17. The van der Waals surface area contributed by atoms with Gasteiger partial charge in [0, 0.05) is 23.1 Å². The number of rotatable bonds is 6. The van der Waals surface area contributed by atoms with Crippen molar-refractivity contribution in [2.24, 2.45) is 0 Å². The Balaban J connectivity index is 1.33. The molecule has 2 aromatic carbocycles. The first-order valence-electron chi connectivity index (χ1n) is 10.1. The fraction of sp³-hybridized carbons (Fsp3) is 0.0833. The molecule has 0 fully saturated rings. The molecule has 6 rings (SSSR count). The molecular weight excluding hydrogens is 438 g/mol. The second kappa shape index (κ2) is 8.22. The Kier molecular flexibility index (Phi) is 4.93. The van der Waals surface area contributed by atoms with Crippen molar-refractivity contribution in [2.45, 2.75) is 17.5 Å². The van der Waals surface area contributed by atoms with Crippen LogP contribution in [0.2, 0.25) is 0 Å². The number of hydrogen-bond donors (Lipinski definition) is 0. The monoisotopic (exact) mass is 455 g/mol. The predicted octanol–water partition coefficient (Wildman–Crippen LogP) is 6.04. The average molecular weight is 456 g/mol. The van der Waals surface area contributed by atoms with Gasteiger partial charge in [0.2, 0.25) is 5.16 Å². The van der Waals surface area contributed by atoms with Gasteiger partial charge in [-0.2, -0.15) is 0 Å². The fourth-order valence-corrected chi connectivity index (χ4v) is 5.27. The lowest BCUT2D eigenvalue weighted by Gasteiger charge is -2.07. The lowest BCUT2D eigenvalue weighted by Crippen LogP contribution is -2.02. The van der Waals surface area contributed by atoms with Gasteiger partial charge < -0.3 is 8.98 Å². The van der Waals surface area contributed by atoms with Crippen LogP contribution in [0.1, 0.15) is 11.3 Å². The zero-order valence-electron chi connectivity index (χ0n) is 16.9. The highest BCUT2D eigenvalue weighted by Crippen LogP contribution is 2.30. The number of benzene rings is 2. The average Bonchev–Trinajstić information content (AvgIpc) is 3.59. The Morgan fingerprint density at radius 2 is 1.78 bits per heavy atom. The lowest BCUT2D eigenvalue weighted by molar-refractivity contribution is 0.581. The Hall–Kier alpha value is -3.49. The van der Waals surface area contributed by atoms with E-state index in [-0.39, 0.29) is 0 Å². The van der Waals surface area contributed by atoms with Crippen molar-refractivity contribution in [3.05, 3.63) is 89.6 Å². The van der Waals surface area contributed by atoms with Gasteiger partial charge in [-0.1, -0.05) is 60.3 Å². The molecule has 0 spiro atoms. The van der Waals surface area contributed by atoms with Crippen molar-refractivity contribution in [1.82, 2.24) is 24.7 Å². The molecule has 0 radical (unpaired) electrons. The zero-order valence-corrected chi connectivity index (χ0v) is 18.5. The molecular formula is C24H17N5OS2. The van der Waals surface area contributed by atoms with Crippen molar-refractivity contribution < 1.29 is 4.42 Å². The van der Waals surface area contributed by atoms with Crippen molar-refractivity contribution >= 4 is 45.2 Å². The molecule has 0 aliphatic carbocycles. The fourth-order valence-electron chi connectivity index (χ4n) is 3.70. The highest BCUT2D eigenvalue weighted by molar-refractivity contribution is 7.98. The van der Waals surface area contributed by atoms with Crippen LogP contribution in [-0.2, 0) is 12.3 Å². The molecule has 0 bridgehead atoms. The van der Waals surface area contributed by atoms with Crippen LogP contribution < -0.4 is 0 Å². The van der Waals surface area contributed by atoms with E-state index < -0.39 is 0 Å². The van der Waals surface area contributed by atoms with Gasteiger partial charge in [0.1, 0.15) is 5.52 Å². The van der Waals surface area contributed by atoms with Crippen LogP contribution in [-0.4, -0.2) is 24.7 Å². The Labute approximate surface area is 192 Å². The summed E-state index contributed by atoms with van der Waals surface area (Å²) in [6.07, 6.45) is 1.66. The second-order valence-corrected chi connectivity index (χ2v) is 9.07. The van der Waals surface area contributed by atoms with E-state index in [1.54, 1.807) is 17.6 Å². The SMILES string of the molecule is c1ccc(Cn2c3ccccc3c3nnc(SCc4csc(-c5ccco5)n4)nc32)cc1. The van der Waals surface area contributed by atoms with Gasteiger partial charge in [0.05, 0.1) is 17.5 Å². The topological polar surface area (TPSA) is 69.6 Å². The third-order valence-corrected chi connectivity index (χ3v) is 6.95. The van der Waals surface area contributed by atoms with Crippen LogP contribution in [0.25, 0.3) is 32.8 Å². The lowest BCUT2D eigenvalue weighted by atomic mass is 10.2. The molecule has 6 aromatic rings. The van der Waals surface area contributed by atoms with E-state index in [9.17, 15) is 0 Å². The molecule has 0 unspecified atom stereocenters. The van der Waals surface area contributed by atoms with Gasteiger partial charge in [-0.3, -0.25) is 0 Å². The number of thiazole rings is 1. The van der Waals surface area contributed by atoms with Crippen molar-refractivity contribution in [2.75, 3.05) is 0 Å². The number of fused-ring (bicyclic) bond motifs is 3. The number of furan rings is 1. The van der Waals surface area contributed by atoms with Crippen LogP contribution in [0.15, 0.2) is 87.9 Å². The zero-order chi connectivity index (χ0) is 21.3. The number of hydrogen-bond acceptors (Lipinski definition) is 7. The predicted molar refractivity (Wildman–Crippen MR) is 128 cm³/mol. The van der Waals surface area contributed by atoms with E-state index in [1.807, 2.05) is 35.7 Å². The van der Waals surface area contributed by atoms with Crippen LogP contribution in [0.4, 0.5) is 0 Å². The molecule has 0 N–H and O–H groups in total. The van der Waals surface area contributed by atoms with Gasteiger partial charge in [0.15, 0.2) is 16.4 Å². The van der Waals surface area contributed by atoms with E-state index in [0.29, 0.717) is 10.9 Å². The van der Waals surface area contributed by atoms with Gasteiger partial charge >= 0.3 is 0 Å². The van der Waals surface area contributed by atoms with Gasteiger partial charge in [-0.05, 0) is 23.8 Å². The maximum absolute atomic E-state index is 5.44. The van der Waals surface area contributed by atoms with E-state index >= 15 is 0 Å². The summed E-state index contributed by atoms with van der Waals surface area (Å²) in [6.45, 7) is 0.728. The molecule has 32 heavy (non-hydrogen) atoms. The quantitative estimate of drug-likeness (QED) is 0.285. The molecule has 0 saturated heterocycles. The molecule has 0 aliphatic heterocycles. The normalized spacial score (nSPS) is 11.5. The molecule has 0 amide bonds. The molecule has 4 heterocycles. The molecule has 0 atom stereocenters. The number of thioether (sulfide) groups is 1. The summed E-state index contributed by atoms with van der Waals surface area (Å²) < 4.78 is 7.66. The summed E-state index contributed by atoms with van der Waals surface area (Å²) in [5.41, 5.74) is 4.98. The first-order valence-corrected chi connectivity index (χ1v) is 12.0. The first kappa shape index (κ1) is 19.2. The Morgan fingerprint density at radius 1 is 0.906 bits per heavy atom. The van der Waals surface area contributed by atoms with Crippen LogP contribution in [0.3, 0.4) is 0 Å². The van der Waals surface area contributed by atoms with E-state index in [2.05, 4.69) is 56.1 Å². The molecule has 6 nitrogen and oxygen atoms in total. The highest BCUT2D eigenvalue weighted by Gasteiger charge is 2.16. The van der Waals surface area contributed by atoms with Crippen molar-refractivity contribution in [1.29, 1.82) is 0 Å². The van der Waals surface area contributed by atoms with E-state index in [1.165, 1.54) is 17.3 Å². The van der Waals surface area contributed by atoms with Crippen LogP contribution in [0, 0.1) is 0 Å². The van der Waals surface area contributed by atoms with Crippen molar-refractivity contribution in [3.8, 4) is 10.8 Å². The van der Waals surface area contributed by atoms with E-state index in [4.69, 9.17) is 9.40 Å². The summed E-state index contributed by atoms with van der Waals surface area (Å²) in [5, 5.41) is 13.6. The van der Waals surface area contributed by atoms with E-state index in [0.717, 1.165) is 45.1 Å². The minimum atomic E-state index is 0.641. The number of para-hydroxylation sites is 1. The summed E-state index contributed by atoms with van der Waals surface area (Å²) in [6, 6.07) is 22.5. The summed E-state index contributed by atoms with van der Waals surface area (Å²) in [4.78, 5) is 9.55. The number of nitrogens with zero attached hydrogens (tertiary/aromatic N) is 5. The molecule has 0 aliphatic rings. The van der Waals surface area contributed by atoms with Crippen LogP contribution in [0.5, 0.6) is 0 Å². The largest absolute Gasteiger partial charge is 0.462 e. The summed E-state index contributed by atoms with van der Waals surface area (Å²) in [7, 11) is 0. The molecule has 8 heteroatoms. The van der Waals surface area contributed by atoms with Crippen molar-refractivity contribution in [3.63, 3.8) is 0 Å². The summed E-state index contributed by atoms with van der Waals surface area (Å²) in [5.74, 6) is 1.46. The Morgan fingerprint density at radius 3 is 2.66 bits per heavy atom. The molecule has 0 saturated carbocycles. The molecule has 156 valence electrons. The second-order valence-electron chi connectivity index (χ2n) is 7.27. The standard InChI is InChI=1S/C24H17N5OS2/c1-2-7-16(8-3-1)13-29-19-10-5-4-9-18(19)21-22(29)26-24(28-27-21)32-15-17-14-31-23(25-17)20-11-6-12-30-20/h1-12,14H,13,15H2. The molecule has 4 aromatic heterocycles. The van der Waals surface area contributed by atoms with Gasteiger partial charge in [0.25, 0.3) is 0 Å². The van der Waals surface area contributed by atoms with Gasteiger partial charge in [-0.25, -0.2) is 9.97 Å². The van der Waals surface area contributed by atoms with Gasteiger partial charge in [-0.15, -0.1) is 21.5 Å². The minimum Gasteiger partial charge on any atom is -0.462 e. The number of aromatic nitrogens is 5.